The Bertz CT molecular complexity index is 560. The van der Waals surface area contributed by atoms with Crippen molar-refractivity contribution in [2.75, 3.05) is 19.0 Å². The molecule has 0 bridgehead atoms. The summed E-state index contributed by atoms with van der Waals surface area (Å²) in [7, 11) is 0. The minimum atomic E-state index is 0.0324. The standard InChI is InChI=1S/C24H38ClNO3/c1-2-3-4-5-6-7-10-20-29-22-16-14-21(15-17-22)23(27)12-11-19-26-24(28)13-8-9-18-25/h14-17H,2-13,18-20H2,1H3,(H,26,28). The maximum Gasteiger partial charge on any atom is 0.219 e. The summed E-state index contributed by atoms with van der Waals surface area (Å²) < 4.78 is 5.77. The Morgan fingerprint density at radius 3 is 2.24 bits per heavy atom. The summed E-state index contributed by atoms with van der Waals surface area (Å²) >= 11 is 5.59. The fourth-order valence-electron chi connectivity index (χ4n) is 3.08. The number of carbonyl (C=O) groups is 2. The molecule has 0 fully saturated rings. The molecule has 0 spiro atoms. The second kappa shape index (κ2) is 17.3. The van der Waals surface area contributed by atoms with Crippen LogP contribution in [0.25, 0.3) is 0 Å². The topological polar surface area (TPSA) is 55.4 Å². The molecule has 1 aromatic carbocycles. The number of nitrogens with one attached hydrogen (secondary N) is 1. The van der Waals surface area contributed by atoms with Crippen molar-refractivity contribution in [3.8, 4) is 5.75 Å². The summed E-state index contributed by atoms with van der Waals surface area (Å²) in [5, 5.41) is 2.85. The van der Waals surface area contributed by atoms with E-state index >= 15 is 0 Å². The third-order valence-corrected chi connectivity index (χ3v) is 5.15. The molecule has 0 aliphatic carbocycles. The van der Waals surface area contributed by atoms with E-state index in [1.807, 2.05) is 24.3 Å². The van der Waals surface area contributed by atoms with Crippen molar-refractivity contribution in [1.82, 2.24) is 5.32 Å². The normalized spacial score (nSPS) is 10.7. The van der Waals surface area contributed by atoms with Gasteiger partial charge < -0.3 is 10.1 Å². The lowest BCUT2D eigenvalue weighted by Crippen LogP contribution is -2.24. The highest BCUT2D eigenvalue weighted by Gasteiger charge is 2.07. The number of Topliss-reactive ketones (excluding diaryl/α,β-unsaturated/α-hetero) is 1. The Morgan fingerprint density at radius 2 is 1.55 bits per heavy atom. The van der Waals surface area contributed by atoms with Gasteiger partial charge in [0.15, 0.2) is 5.78 Å². The molecule has 4 nitrogen and oxygen atoms in total. The van der Waals surface area contributed by atoms with Crippen LogP contribution < -0.4 is 10.1 Å². The second-order valence-corrected chi connectivity index (χ2v) is 7.89. The lowest BCUT2D eigenvalue weighted by atomic mass is 10.1. The molecular weight excluding hydrogens is 386 g/mol. The van der Waals surface area contributed by atoms with Gasteiger partial charge in [-0.1, -0.05) is 45.4 Å². The fourth-order valence-corrected chi connectivity index (χ4v) is 3.26. The van der Waals surface area contributed by atoms with Gasteiger partial charge in [0.2, 0.25) is 5.91 Å². The number of amides is 1. The van der Waals surface area contributed by atoms with Crippen molar-refractivity contribution in [2.45, 2.75) is 84.0 Å². The van der Waals surface area contributed by atoms with Crippen molar-refractivity contribution >= 4 is 23.3 Å². The molecular formula is C24H38ClNO3. The SMILES string of the molecule is CCCCCCCCCOc1ccc(C(=O)CCCNC(=O)CCCCCl)cc1. The van der Waals surface area contributed by atoms with Crippen LogP contribution in [0.5, 0.6) is 5.75 Å². The molecule has 0 aromatic heterocycles. The molecule has 29 heavy (non-hydrogen) atoms. The van der Waals surface area contributed by atoms with Gasteiger partial charge in [-0.3, -0.25) is 9.59 Å². The van der Waals surface area contributed by atoms with Gasteiger partial charge in [0.25, 0.3) is 0 Å². The number of benzene rings is 1. The van der Waals surface area contributed by atoms with Crippen LogP contribution >= 0.6 is 11.6 Å². The van der Waals surface area contributed by atoms with Gasteiger partial charge in [-0.2, -0.15) is 0 Å². The van der Waals surface area contributed by atoms with Gasteiger partial charge in [-0.05, 0) is 49.9 Å². The molecule has 164 valence electrons. The third kappa shape index (κ3) is 13.3. The maximum absolute atomic E-state index is 12.3. The van der Waals surface area contributed by atoms with Gasteiger partial charge in [0, 0.05) is 30.8 Å². The zero-order valence-electron chi connectivity index (χ0n) is 18.0. The van der Waals surface area contributed by atoms with Gasteiger partial charge in [0.1, 0.15) is 5.75 Å². The van der Waals surface area contributed by atoms with Crippen molar-refractivity contribution in [3.05, 3.63) is 29.8 Å². The van der Waals surface area contributed by atoms with Crippen LogP contribution in [-0.2, 0) is 4.79 Å². The average molecular weight is 424 g/mol. The van der Waals surface area contributed by atoms with Crippen LogP contribution in [0.2, 0.25) is 0 Å². The van der Waals surface area contributed by atoms with Gasteiger partial charge in [-0.15, -0.1) is 11.6 Å². The number of hydrogen-bond donors (Lipinski definition) is 1. The summed E-state index contributed by atoms with van der Waals surface area (Å²) in [6, 6.07) is 7.39. The monoisotopic (exact) mass is 423 g/mol. The Morgan fingerprint density at radius 1 is 0.862 bits per heavy atom. The Labute approximate surface area is 181 Å². The number of ketones is 1. The van der Waals surface area contributed by atoms with E-state index in [2.05, 4.69) is 12.2 Å². The highest BCUT2D eigenvalue weighted by atomic mass is 35.5. The van der Waals surface area contributed by atoms with Gasteiger partial charge in [-0.25, -0.2) is 0 Å². The molecule has 1 aromatic rings. The molecule has 0 heterocycles. The van der Waals surface area contributed by atoms with Crippen molar-refractivity contribution in [2.24, 2.45) is 0 Å². The lowest BCUT2D eigenvalue weighted by Gasteiger charge is -2.08. The second-order valence-electron chi connectivity index (χ2n) is 7.52. The first kappa shape index (κ1) is 25.5. The number of ether oxygens (including phenoxy) is 1. The van der Waals surface area contributed by atoms with E-state index in [-0.39, 0.29) is 11.7 Å². The average Bonchev–Trinajstić information content (AvgIpc) is 2.73. The quantitative estimate of drug-likeness (QED) is 0.171. The smallest absolute Gasteiger partial charge is 0.219 e. The highest BCUT2D eigenvalue weighted by Crippen LogP contribution is 2.15. The number of rotatable bonds is 18. The number of carbonyl (C=O) groups excluding carboxylic acids is 2. The van der Waals surface area contributed by atoms with E-state index in [0.717, 1.165) is 31.6 Å². The molecule has 0 aliphatic heterocycles. The van der Waals surface area contributed by atoms with E-state index < -0.39 is 0 Å². The minimum absolute atomic E-state index is 0.0324. The fraction of sp³-hybridized carbons (Fsp3) is 0.667. The third-order valence-electron chi connectivity index (χ3n) is 4.88. The predicted molar refractivity (Wildman–Crippen MR) is 121 cm³/mol. The maximum atomic E-state index is 12.3. The van der Waals surface area contributed by atoms with Gasteiger partial charge >= 0.3 is 0 Å². The van der Waals surface area contributed by atoms with E-state index in [9.17, 15) is 9.59 Å². The van der Waals surface area contributed by atoms with E-state index in [4.69, 9.17) is 16.3 Å². The van der Waals surface area contributed by atoms with Crippen LogP contribution in [0.15, 0.2) is 24.3 Å². The summed E-state index contributed by atoms with van der Waals surface area (Å²) in [5.41, 5.74) is 0.696. The van der Waals surface area contributed by atoms with Gasteiger partial charge in [0.05, 0.1) is 6.61 Å². The minimum Gasteiger partial charge on any atom is -0.494 e. The molecule has 1 rings (SSSR count). The molecule has 1 amide bonds. The molecule has 0 atom stereocenters. The molecule has 0 radical (unpaired) electrons. The van der Waals surface area contributed by atoms with Crippen LogP contribution in [-0.4, -0.2) is 30.7 Å². The molecule has 0 saturated carbocycles. The largest absolute Gasteiger partial charge is 0.494 e. The molecule has 0 saturated heterocycles. The van der Waals surface area contributed by atoms with E-state index in [0.29, 0.717) is 37.3 Å². The van der Waals surface area contributed by atoms with Crippen LogP contribution in [0.4, 0.5) is 0 Å². The van der Waals surface area contributed by atoms with Crippen molar-refractivity contribution in [1.29, 1.82) is 0 Å². The summed E-state index contributed by atoms with van der Waals surface area (Å²) in [5.74, 6) is 1.53. The zero-order valence-corrected chi connectivity index (χ0v) is 18.8. The number of unbranched alkanes of at least 4 members (excludes halogenated alkanes) is 7. The number of alkyl halides is 1. The summed E-state index contributed by atoms with van der Waals surface area (Å²) in [4.78, 5) is 23.9. The zero-order chi connectivity index (χ0) is 21.2. The van der Waals surface area contributed by atoms with E-state index in [1.165, 1.54) is 38.5 Å². The predicted octanol–water partition coefficient (Wildman–Crippen LogP) is 6.30. The first-order chi connectivity index (χ1) is 14.2. The Balaban J connectivity index is 2.13. The summed E-state index contributed by atoms with van der Waals surface area (Å²) in [6.45, 7) is 3.50. The van der Waals surface area contributed by atoms with Crippen molar-refractivity contribution < 1.29 is 14.3 Å². The molecule has 1 N–H and O–H groups in total. The van der Waals surface area contributed by atoms with Crippen molar-refractivity contribution in [3.63, 3.8) is 0 Å². The van der Waals surface area contributed by atoms with Crippen LogP contribution in [0.3, 0.4) is 0 Å². The first-order valence-electron chi connectivity index (χ1n) is 11.3. The summed E-state index contributed by atoms with van der Waals surface area (Å²) in [6.07, 6.45) is 12.1. The van der Waals surface area contributed by atoms with E-state index in [1.54, 1.807) is 0 Å². The highest BCUT2D eigenvalue weighted by molar-refractivity contribution is 6.17. The first-order valence-corrected chi connectivity index (χ1v) is 11.8. The van der Waals surface area contributed by atoms with Crippen LogP contribution in [0, 0.1) is 0 Å². The Kier molecular flexibility index (Phi) is 15.2. The number of halogens is 1. The lowest BCUT2D eigenvalue weighted by molar-refractivity contribution is -0.121. The van der Waals surface area contributed by atoms with Crippen LogP contribution in [0.1, 0.15) is 94.3 Å². The molecule has 0 unspecified atom stereocenters. The Hall–Kier alpha value is -1.55. The molecule has 5 heteroatoms. The molecule has 0 aliphatic rings. The number of hydrogen-bond acceptors (Lipinski definition) is 3.